The standard InChI is InChI=1S/C21H17FN4O/c22-16-8-6-15(7-9-16)21-20(17-10-11-23-13-24-17)18-2-1-3-19(26(18)25-21)27-12-14-4-5-14/h1-3,6-11,13-14H,4-5,12H2. The van der Waals surface area contributed by atoms with E-state index in [9.17, 15) is 4.39 Å². The Kier molecular flexibility index (Phi) is 3.81. The van der Waals surface area contributed by atoms with Crippen molar-refractivity contribution in [2.24, 2.45) is 5.92 Å². The molecule has 5 rings (SSSR count). The van der Waals surface area contributed by atoms with Gasteiger partial charge in [0.15, 0.2) is 0 Å². The van der Waals surface area contributed by atoms with Crippen LogP contribution >= 0.6 is 0 Å². The van der Waals surface area contributed by atoms with Crippen LogP contribution in [0.25, 0.3) is 28.0 Å². The van der Waals surface area contributed by atoms with Crippen LogP contribution in [0.4, 0.5) is 4.39 Å². The molecule has 0 amide bonds. The number of aromatic nitrogens is 4. The van der Waals surface area contributed by atoms with Crippen molar-refractivity contribution in [1.29, 1.82) is 0 Å². The lowest BCUT2D eigenvalue weighted by molar-refractivity contribution is 0.281. The van der Waals surface area contributed by atoms with Crippen molar-refractivity contribution >= 4 is 5.52 Å². The molecule has 3 heterocycles. The monoisotopic (exact) mass is 360 g/mol. The highest BCUT2D eigenvalue weighted by Gasteiger charge is 2.23. The summed E-state index contributed by atoms with van der Waals surface area (Å²) in [7, 11) is 0. The fourth-order valence-corrected chi connectivity index (χ4v) is 3.14. The van der Waals surface area contributed by atoms with Gasteiger partial charge in [-0.3, -0.25) is 0 Å². The zero-order chi connectivity index (χ0) is 18.2. The summed E-state index contributed by atoms with van der Waals surface area (Å²) in [6, 6.07) is 14.0. The third kappa shape index (κ3) is 3.03. The Morgan fingerprint density at radius 2 is 1.93 bits per heavy atom. The minimum absolute atomic E-state index is 0.278. The van der Waals surface area contributed by atoms with E-state index in [0.29, 0.717) is 18.4 Å². The highest BCUT2D eigenvalue weighted by atomic mass is 19.1. The molecule has 1 fully saturated rings. The van der Waals surface area contributed by atoms with Crippen molar-refractivity contribution in [3.8, 4) is 28.4 Å². The first-order chi connectivity index (χ1) is 13.3. The van der Waals surface area contributed by atoms with Crippen LogP contribution in [0.3, 0.4) is 0 Å². The van der Waals surface area contributed by atoms with Crippen LogP contribution in [-0.2, 0) is 0 Å². The zero-order valence-electron chi connectivity index (χ0n) is 14.5. The molecule has 3 aromatic heterocycles. The average Bonchev–Trinajstić information content (AvgIpc) is 3.45. The molecule has 0 spiro atoms. The van der Waals surface area contributed by atoms with E-state index in [4.69, 9.17) is 9.84 Å². The maximum atomic E-state index is 13.4. The summed E-state index contributed by atoms with van der Waals surface area (Å²) >= 11 is 0. The van der Waals surface area contributed by atoms with Crippen molar-refractivity contribution < 1.29 is 9.13 Å². The maximum Gasteiger partial charge on any atom is 0.214 e. The first kappa shape index (κ1) is 15.9. The van der Waals surface area contributed by atoms with Crippen LogP contribution in [0.2, 0.25) is 0 Å². The molecule has 1 aliphatic rings. The molecular formula is C21H17FN4O. The van der Waals surface area contributed by atoms with Gasteiger partial charge in [-0.15, -0.1) is 0 Å². The van der Waals surface area contributed by atoms with Gasteiger partial charge in [0.05, 0.1) is 23.4 Å². The quantitative estimate of drug-likeness (QED) is 0.530. The number of fused-ring (bicyclic) bond motifs is 1. The van der Waals surface area contributed by atoms with Gasteiger partial charge >= 0.3 is 0 Å². The van der Waals surface area contributed by atoms with E-state index >= 15 is 0 Å². The molecule has 0 atom stereocenters. The van der Waals surface area contributed by atoms with Crippen molar-refractivity contribution in [3.05, 3.63) is 66.9 Å². The number of benzene rings is 1. The fraction of sp³-hybridized carbons (Fsp3) is 0.190. The zero-order valence-corrected chi connectivity index (χ0v) is 14.5. The summed E-state index contributed by atoms with van der Waals surface area (Å²) < 4.78 is 21.2. The molecule has 0 aliphatic heterocycles. The number of ether oxygens (including phenoxy) is 1. The molecule has 0 N–H and O–H groups in total. The summed E-state index contributed by atoms with van der Waals surface area (Å²) in [4.78, 5) is 8.42. The van der Waals surface area contributed by atoms with Crippen LogP contribution in [0.15, 0.2) is 61.1 Å². The van der Waals surface area contributed by atoms with Crippen molar-refractivity contribution in [2.75, 3.05) is 6.61 Å². The van der Waals surface area contributed by atoms with Gasteiger partial charge in [-0.1, -0.05) is 6.07 Å². The Bertz CT molecular complexity index is 1090. The molecule has 0 unspecified atom stereocenters. The van der Waals surface area contributed by atoms with Crippen LogP contribution in [0, 0.1) is 11.7 Å². The van der Waals surface area contributed by atoms with Gasteiger partial charge in [0.25, 0.3) is 0 Å². The Morgan fingerprint density at radius 1 is 1.07 bits per heavy atom. The van der Waals surface area contributed by atoms with E-state index < -0.39 is 0 Å². The number of pyridine rings is 1. The van der Waals surface area contributed by atoms with Gasteiger partial charge in [-0.05, 0) is 55.2 Å². The van der Waals surface area contributed by atoms with E-state index in [0.717, 1.165) is 28.0 Å². The minimum atomic E-state index is -0.278. The molecular weight excluding hydrogens is 343 g/mol. The summed E-state index contributed by atoms with van der Waals surface area (Å²) in [6.45, 7) is 0.702. The van der Waals surface area contributed by atoms with Gasteiger partial charge in [0.2, 0.25) is 5.88 Å². The lowest BCUT2D eigenvalue weighted by Gasteiger charge is -2.07. The van der Waals surface area contributed by atoms with Crippen molar-refractivity contribution in [2.45, 2.75) is 12.8 Å². The molecule has 4 aromatic rings. The fourth-order valence-electron chi connectivity index (χ4n) is 3.14. The predicted octanol–water partition coefficient (Wildman–Crippen LogP) is 4.39. The Labute approximate surface area is 155 Å². The van der Waals surface area contributed by atoms with Crippen molar-refractivity contribution in [3.63, 3.8) is 0 Å². The lowest BCUT2D eigenvalue weighted by atomic mass is 10.0. The minimum Gasteiger partial charge on any atom is -0.477 e. The molecule has 0 radical (unpaired) electrons. The van der Waals surface area contributed by atoms with Gasteiger partial charge in [0, 0.05) is 17.8 Å². The van der Waals surface area contributed by atoms with E-state index in [2.05, 4.69) is 9.97 Å². The maximum absolute atomic E-state index is 13.4. The van der Waals surface area contributed by atoms with Gasteiger partial charge in [-0.25, -0.2) is 14.4 Å². The number of nitrogens with zero attached hydrogens (tertiary/aromatic N) is 4. The Morgan fingerprint density at radius 3 is 2.67 bits per heavy atom. The molecule has 27 heavy (non-hydrogen) atoms. The van der Waals surface area contributed by atoms with Crippen LogP contribution in [0.5, 0.6) is 5.88 Å². The summed E-state index contributed by atoms with van der Waals surface area (Å²) in [6.07, 6.45) is 5.67. The van der Waals surface area contributed by atoms with Gasteiger partial charge in [0.1, 0.15) is 17.8 Å². The van der Waals surface area contributed by atoms with Gasteiger partial charge in [-0.2, -0.15) is 9.61 Å². The second-order valence-electron chi connectivity index (χ2n) is 6.74. The number of rotatable bonds is 5. The predicted molar refractivity (Wildman–Crippen MR) is 99.8 cm³/mol. The first-order valence-corrected chi connectivity index (χ1v) is 8.96. The third-order valence-electron chi connectivity index (χ3n) is 4.74. The Hall–Kier alpha value is -3.28. The summed E-state index contributed by atoms with van der Waals surface area (Å²) in [5.74, 6) is 1.07. The molecule has 5 nitrogen and oxygen atoms in total. The highest BCUT2D eigenvalue weighted by Crippen LogP contribution is 2.36. The Balaban J connectivity index is 1.71. The molecule has 6 heteroatoms. The smallest absolute Gasteiger partial charge is 0.214 e. The third-order valence-corrected chi connectivity index (χ3v) is 4.74. The normalized spacial score (nSPS) is 13.8. The van der Waals surface area contributed by atoms with Crippen LogP contribution in [-0.4, -0.2) is 26.2 Å². The average molecular weight is 360 g/mol. The number of hydrogen-bond acceptors (Lipinski definition) is 4. The number of halogens is 1. The molecule has 1 aromatic carbocycles. The summed E-state index contributed by atoms with van der Waals surface area (Å²) in [5.41, 5.74) is 4.08. The van der Waals surface area contributed by atoms with E-state index in [-0.39, 0.29) is 5.82 Å². The molecule has 0 saturated heterocycles. The first-order valence-electron chi connectivity index (χ1n) is 8.96. The van der Waals surface area contributed by atoms with Crippen molar-refractivity contribution in [1.82, 2.24) is 19.6 Å². The SMILES string of the molecule is Fc1ccc(-c2nn3c(OCC4CC4)cccc3c2-c2ccncn2)cc1. The molecule has 134 valence electrons. The lowest BCUT2D eigenvalue weighted by Crippen LogP contribution is -2.03. The second kappa shape index (κ2) is 6.46. The number of hydrogen-bond donors (Lipinski definition) is 0. The second-order valence-corrected chi connectivity index (χ2v) is 6.74. The largest absolute Gasteiger partial charge is 0.477 e. The van der Waals surface area contributed by atoms with Crippen LogP contribution < -0.4 is 4.74 Å². The molecule has 1 saturated carbocycles. The molecule has 0 bridgehead atoms. The van der Waals surface area contributed by atoms with E-state index in [1.807, 2.05) is 24.3 Å². The topological polar surface area (TPSA) is 52.3 Å². The molecule has 1 aliphatic carbocycles. The van der Waals surface area contributed by atoms with E-state index in [1.54, 1.807) is 22.8 Å². The van der Waals surface area contributed by atoms with Crippen LogP contribution in [0.1, 0.15) is 12.8 Å². The highest BCUT2D eigenvalue weighted by molar-refractivity contribution is 5.91. The van der Waals surface area contributed by atoms with E-state index in [1.165, 1.54) is 31.3 Å². The summed E-state index contributed by atoms with van der Waals surface area (Å²) in [5, 5.41) is 4.80. The van der Waals surface area contributed by atoms with Gasteiger partial charge < -0.3 is 4.74 Å².